The average Bonchev–Trinajstić information content (AvgIpc) is 2.39. The van der Waals surface area contributed by atoms with E-state index < -0.39 is 5.72 Å². The van der Waals surface area contributed by atoms with Crippen molar-refractivity contribution in [2.45, 2.75) is 5.72 Å². The first-order valence-corrected chi connectivity index (χ1v) is 5.33. The van der Waals surface area contributed by atoms with E-state index in [0.29, 0.717) is 11.1 Å². The van der Waals surface area contributed by atoms with Crippen LogP contribution in [0.5, 0.6) is 0 Å². The van der Waals surface area contributed by atoms with Gasteiger partial charge < -0.3 is 4.74 Å². The first-order chi connectivity index (χ1) is 8.18. The van der Waals surface area contributed by atoms with Crippen LogP contribution in [0, 0.1) is 5.82 Å². The minimum Gasteiger partial charge on any atom is -0.355 e. The molecule has 0 saturated heterocycles. The van der Waals surface area contributed by atoms with Crippen molar-refractivity contribution in [2.75, 3.05) is 7.11 Å². The van der Waals surface area contributed by atoms with Gasteiger partial charge in [-0.3, -0.25) is 5.73 Å². The molecule has 1 atom stereocenters. The minimum atomic E-state index is -1.26. The largest absolute Gasteiger partial charge is 0.355 e. The predicted molar refractivity (Wildman–Crippen MR) is 64.8 cm³/mol. The van der Waals surface area contributed by atoms with Gasteiger partial charge >= 0.3 is 0 Å². The van der Waals surface area contributed by atoms with Gasteiger partial charge in [0.1, 0.15) is 5.82 Å². The summed E-state index contributed by atoms with van der Waals surface area (Å²) in [4.78, 5) is 0. The van der Waals surface area contributed by atoms with Crippen molar-refractivity contribution in [1.82, 2.24) is 0 Å². The molecule has 0 fully saturated rings. The number of halogens is 1. The first kappa shape index (κ1) is 11.8. The molecular weight excluding hydrogens is 217 g/mol. The molecule has 0 aliphatic rings. The number of methoxy groups -OCH3 is 1. The van der Waals surface area contributed by atoms with Crippen LogP contribution in [0.4, 0.5) is 4.39 Å². The lowest BCUT2D eigenvalue weighted by atomic mass is 9.94. The number of hydrogen-bond donors (Lipinski definition) is 1. The van der Waals surface area contributed by atoms with Gasteiger partial charge in [0.05, 0.1) is 0 Å². The molecule has 2 rings (SSSR count). The van der Waals surface area contributed by atoms with E-state index in [1.165, 1.54) is 13.2 Å². The van der Waals surface area contributed by atoms with E-state index in [2.05, 4.69) is 0 Å². The molecule has 3 heteroatoms. The van der Waals surface area contributed by atoms with Crippen LogP contribution >= 0.6 is 0 Å². The molecular formula is C14H14FNO. The fourth-order valence-electron chi connectivity index (χ4n) is 1.83. The van der Waals surface area contributed by atoms with Gasteiger partial charge in [-0.05, 0) is 6.07 Å². The molecule has 2 nitrogen and oxygen atoms in total. The van der Waals surface area contributed by atoms with Crippen molar-refractivity contribution < 1.29 is 9.13 Å². The Morgan fingerprint density at radius 3 is 2.18 bits per heavy atom. The molecule has 0 radical (unpaired) electrons. The number of rotatable bonds is 3. The summed E-state index contributed by atoms with van der Waals surface area (Å²) >= 11 is 0. The van der Waals surface area contributed by atoms with Crippen molar-refractivity contribution in [3.63, 3.8) is 0 Å². The van der Waals surface area contributed by atoms with Crippen LogP contribution in [0.3, 0.4) is 0 Å². The highest BCUT2D eigenvalue weighted by Crippen LogP contribution is 2.29. The van der Waals surface area contributed by atoms with Crippen molar-refractivity contribution in [3.8, 4) is 0 Å². The highest BCUT2D eigenvalue weighted by Gasteiger charge is 2.31. The van der Waals surface area contributed by atoms with Crippen LogP contribution in [-0.4, -0.2) is 7.11 Å². The Bertz CT molecular complexity index is 501. The Balaban J connectivity index is 2.56. The standard InChI is InChI=1S/C14H14FNO/c1-17-14(16,11-7-3-2-4-8-11)12-9-5-6-10-13(12)15/h2-10H,16H2,1H3. The molecule has 0 aromatic heterocycles. The monoisotopic (exact) mass is 231 g/mol. The maximum atomic E-state index is 13.8. The van der Waals surface area contributed by atoms with Crippen LogP contribution in [0.1, 0.15) is 11.1 Å². The molecule has 0 aliphatic heterocycles. The highest BCUT2D eigenvalue weighted by atomic mass is 19.1. The Kier molecular flexibility index (Phi) is 3.22. The van der Waals surface area contributed by atoms with Gasteiger partial charge in [-0.25, -0.2) is 4.39 Å². The van der Waals surface area contributed by atoms with E-state index in [1.54, 1.807) is 18.2 Å². The SMILES string of the molecule is COC(N)(c1ccccc1)c1ccccc1F. The Morgan fingerprint density at radius 2 is 1.59 bits per heavy atom. The summed E-state index contributed by atoms with van der Waals surface area (Å²) in [5.41, 5.74) is 5.96. The zero-order chi connectivity index (χ0) is 12.3. The fraction of sp³-hybridized carbons (Fsp3) is 0.143. The van der Waals surface area contributed by atoms with E-state index in [0.717, 1.165) is 0 Å². The van der Waals surface area contributed by atoms with Crippen LogP contribution in [0.25, 0.3) is 0 Å². The van der Waals surface area contributed by atoms with Crippen LogP contribution in [-0.2, 0) is 10.5 Å². The van der Waals surface area contributed by atoms with Crippen molar-refractivity contribution in [1.29, 1.82) is 0 Å². The summed E-state index contributed by atoms with van der Waals surface area (Å²) in [5, 5.41) is 0. The molecule has 2 N–H and O–H groups in total. The third kappa shape index (κ3) is 2.07. The summed E-state index contributed by atoms with van der Waals surface area (Å²) in [5.74, 6) is -0.374. The highest BCUT2D eigenvalue weighted by molar-refractivity contribution is 5.35. The number of hydrogen-bond acceptors (Lipinski definition) is 2. The molecule has 2 aromatic rings. The van der Waals surface area contributed by atoms with Gasteiger partial charge in [0, 0.05) is 18.2 Å². The number of benzene rings is 2. The van der Waals surface area contributed by atoms with Crippen LogP contribution in [0.2, 0.25) is 0 Å². The van der Waals surface area contributed by atoms with Crippen molar-refractivity contribution in [3.05, 3.63) is 71.5 Å². The molecule has 0 bridgehead atoms. The lowest BCUT2D eigenvalue weighted by molar-refractivity contribution is 0.0247. The van der Waals surface area contributed by atoms with Gasteiger partial charge in [-0.2, -0.15) is 0 Å². The Hall–Kier alpha value is -1.71. The second-order valence-corrected chi connectivity index (χ2v) is 3.79. The molecule has 0 heterocycles. The first-order valence-electron chi connectivity index (χ1n) is 5.33. The van der Waals surface area contributed by atoms with Gasteiger partial charge in [-0.15, -0.1) is 0 Å². The minimum absolute atomic E-state index is 0.328. The molecule has 0 amide bonds. The average molecular weight is 231 g/mol. The second kappa shape index (κ2) is 4.65. The van der Waals surface area contributed by atoms with Gasteiger partial charge in [0.15, 0.2) is 5.72 Å². The molecule has 2 aromatic carbocycles. The molecule has 17 heavy (non-hydrogen) atoms. The number of nitrogens with two attached hydrogens (primary N) is 1. The summed E-state index contributed by atoms with van der Waals surface area (Å²) in [6.45, 7) is 0. The maximum Gasteiger partial charge on any atom is 0.171 e. The third-order valence-electron chi connectivity index (χ3n) is 2.80. The topological polar surface area (TPSA) is 35.2 Å². The number of ether oxygens (including phenoxy) is 1. The second-order valence-electron chi connectivity index (χ2n) is 3.79. The molecule has 0 saturated carbocycles. The smallest absolute Gasteiger partial charge is 0.171 e. The zero-order valence-corrected chi connectivity index (χ0v) is 9.56. The summed E-state index contributed by atoms with van der Waals surface area (Å²) in [6.07, 6.45) is 0. The summed E-state index contributed by atoms with van der Waals surface area (Å²) < 4.78 is 19.1. The molecule has 88 valence electrons. The zero-order valence-electron chi connectivity index (χ0n) is 9.56. The van der Waals surface area contributed by atoms with Crippen LogP contribution < -0.4 is 5.73 Å². The van der Waals surface area contributed by atoms with E-state index >= 15 is 0 Å². The van der Waals surface area contributed by atoms with E-state index in [1.807, 2.05) is 30.3 Å². The normalized spacial score (nSPS) is 14.3. The van der Waals surface area contributed by atoms with Crippen LogP contribution in [0.15, 0.2) is 54.6 Å². The maximum absolute atomic E-state index is 13.8. The summed E-state index contributed by atoms with van der Waals surface area (Å²) in [7, 11) is 1.47. The lowest BCUT2D eigenvalue weighted by Gasteiger charge is -2.29. The molecule has 0 spiro atoms. The van der Waals surface area contributed by atoms with E-state index in [4.69, 9.17) is 10.5 Å². The Morgan fingerprint density at radius 1 is 1.00 bits per heavy atom. The lowest BCUT2D eigenvalue weighted by Crippen LogP contribution is -2.40. The van der Waals surface area contributed by atoms with E-state index in [9.17, 15) is 4.39 Å². The van der Waals surface area contributed by atoms with Gasteiger partial charge in [0.25, 0.3) is 0 Å². The van der Waals surface area contributed by atoms with Gasteiger partial charge in [-0.1, -0.05) is 48.5 Å². The quantitative estimate of drug-likeness (QED) is 0.824. The predicted octanol–water partition coefficient (Wildman–Crippen LogP) is 2.63. The molecule has 1 unspecified atom stereocenters. The summed E-state index contributed by atoms with van der Waals surface area (Å²) in [6, 6.07) is 15.6. The van der Waals surface area contributed by atoms with Crippen molar-refractivity contribution >= 4 is 0 Å². The van der Waals surface area contributed by atoms with Crippen molar-refractivity contribution in [2.24, 2.45) is 5.73 Å². The Labute approximate surface area is 99.8 Å². The van der Waals surface area contributed by atoms with Gasteiger partial charge in [0.2, 0.25) is 0 Å². The third-order valence-corrected chi connectivity index (χ3v) is 2.80. The van der Waals surface area contributed by atoms with E-state index in [-0.39, 0.29) is 5.82 Å². The fourth-order valence-corrected chi connectivity index (χ4v) is 1.83. The molecule has 0 aliphatic carbocycles.